The van der Waals surface area contributed by atoms with Crippen molar-refractivity contribution in [2.45, 2.75) is 51.1 Å². The van der Waals surface area contributed by atoms with Crippen LogP contribution in [0.25, 0.3) is 0 Å². The van der Waals surface area contributed by atoms with Crippen LogP contribution >= 0.6 is 0 Å². The molecule has 3 unspecified atom stereocenters. The summed E-state index contributed by atoms with van der Waals surface area (Å²) in [7, 11) is -2.73. The first-order valence-electron chi connectivity index (χ1n) is 8.26. The standard InChI is InChI=1S/C15H28N2O2S/c1-2-14-10-16-7-4-3-5-15(16)11-17(14)9-13-6-8-20(18,19)12-13/h13-15H,2-12H2,1H3. The smallest absolute Gasteiger partial charge is 0.150 e. The molecule has 20 heavy (non-hydrogen) atoms. The van der Waals surface area contributed by atoms with Crippen LogP contribution in [-0.2, 0) is 9.84 Å². The van der Waals surface area contributed by atoms with Gasteiger partial charge < -0.3 is 0 Å². The van der Waals surface area contributed by atoms with E-state index in [9.17, 15) is 8.42 Å². The Hall–Kier alpha value is -0.130. The molecule has 116 valence electrons. The molecule has 3 atom stereocenters. The topological polar surface area (TPSA) is 40.6 Å². The number of piperidine rings is 1. The average molecular weight is 300 g/mol. The molecule has 0 bridgehead atoms. The van der Waals surface area contributed by atoms with Crippen LogP contribution in [0.1, 0.15) is 39.0 Å². The molecule has 0 N–H and O–H groups in total. The molecule has 0 amide bonds. The van der Waals surface area contributed by atoms with Gasteiger partial charge in [-0.1, -0.05) is 13.3 Å². The molecule has 0 spiro atoms. The third-order valence-corrected chi connectivity index (χ3v) is 7.28. The van der Waals surface area contributed by atoms with E-state index in [0.717, 1.165) is 25.6 Å². The number of fused-ring (bicyclic) bond motifs is 1. The lowest BCUT2D eigenvalue weighted by Crippen LogP contribution is -2.60. The highest BCUT2D eigenvalue weighted by atomic mass is 32.2. The molecular weight excluding hydrogens is 272 g/mol. The number of sulfone groups is 1. The quantitative estimate of drug-likeness (QED) is 0.789. The second-order valence-electron chi connectivity index (χ2n) is 6.93. The number of hydrogen-bond donors (Lipinski definition) is 0. The van der Waals surface area contributed by atoms with Crippen molar-refractivity contribution < 1.29 is 8.42 Å². The largest absolute Gasteiger partial charge is 0.298 e. The molecule has 0 aromatic rings. The summed E-state index contributed by atoms with van der Waals surface area (Å²) in [6.07, 6.45) is 6.11. The van der Waals surface area contributed by atoms with E-state index in [1.54, 1.807) is 0 Å². The Labute approximate surface area is 123 Å². The van der Waals surface area contributed by atoms with E-state index in [2.05, 4.69) is 16.7 Å². The summed E-state index contributed by atoms with van der Waals surface area (Å²) in [5.41, 5.74) is 0. The lowest BCUT2D eigenvalue weighted by atomic mass is 9.94. The molecular formula is C15H28N2O2S. The Bertz CT molecular complexity index is 437. The van der Waals surface area contributed by atoms with Crippen molar-refractivity contribution in [1.82, 2.24) is 9.80 Å². The Morgan fingerprint density at radius 1 is 1.15 bits per heavy atom. The maximum atomic E-state index is 11.6. The van der Waals surface area contributed by atoms with Crippen LogP contribution in [0, 0.1) is 5.92 Å². The van der Waals surface area contributed by atoms with Gasteiger partial charge in [-0.05, 0) is 38.1 Å². The third kappa shape index (κ3) is 3.20. The summed E-state index contributed by atoms with van der Waals surface area (Å²) in [6.45, 7) is 6.90. The van der Waals surface area contributed by atoms with Crippen LogP contribution in [0.15, 0.2) is 0 Å². The van der Waals surface area contributed by atoms with E-state index < -0.39 is 9.84 Å². The van der Waals surface area contributed by atoms with Crippen LogP contribution in [0.4, 0.5) is 0 Å². The zero-order valence-electron chi connectivity index (χ0n) is 12.6. The molecule has 0 aromatic carbocycles. The van der Waals surface area contributed by atoms with Crippen molar-refractivity contribution in [3.8, 4) is 0 Å². The van der Waals surface area contributed by atoms with Gasteiger partial charge in [-0.2, -0.15) is 0 Å². The lowest BCUT2D eigenvalue weighted by Gasteiger charge is -2.49. The average Bonchev–Trinajstić information content (AvgIpc) is 2.77. The van der Waals surface area contributed by atoms with Crippen molar-refractivity contribution >= 4 is 9.84 Å². The fraction of sp³-hybridized carbons (Fsp3) is 1.00. The molecule has 3 aliphatic heterocycles. The van der Waals surface area contributed by atoms with E-state index in [-0.39, 0.29) is 0 Å². The highest BCUT2D eigenvalue weighted by Gasteiger charge is 2.37. The zero-order valence-corrected chi connectivity index (χ0v) is 13.4. The monoisotopic (exact) mass is 300 g/mol. The predicted octanol–water partition coefficient (Wildman–Crippen LogP) is 1.37. The maximum Gasteiger partial charge on any atom is 0.150 e. The van der Waals surface area contributed by atoms with Gasteiger partial charge in [-0.25, -0.2) is 8.42 Å². The van der Waals surface area contributed by atoms with Gasteiger partial charge in [0.15, 0.2) is 9.84 Å². The van der Waals surface area contributed by atoms with Crippen LogP contribution in [0.2, 0.25) is 0 Å². The number of rotatable bonds is 3. The van der Waals surface area contributed by atoms with E-state index in [0.29, 0.717) is 23.5 Å². The summed E-state index contributed by atoms with van der Waals surface area (Å²) in [6, 6.07) is 1.36. The number of nitrogens with zero attached hydrogens (tertiary/aromatic N) is 2. The van der Waals surface area contributed by atoms with Crippen LogP contribution in [-0.4, -0.2) is 68.0 Å². The molecule has 0 aromatic heterocycles. The zero-order chi connectivity index (χ0) is 14.2. The van der Waals surface area contributed by atoms with Gasteiger partial charge in [0.2, 0.25) is 0 Å². The molecule has 3 heterocycles. The van der Waals surface area contributed by atoms with E-state index in [1.807, 2.05) is 0 Å². The molecule has 0 saturated carbocycles. The summed E-state index contributed by atoms with van der Waals surface area (Å²) in [5.74, 6) is 1.22. The van der Waals surface area contributed by atoms with Crippen LogP contribution in [0.3, 0.4) is 0 Å². The van der Waals surface area contributed by atoms with Gasteiger partial charge in [0.25, 0.3) is 0 Å². The minimum atomic E-state index is -2.73. The van der Waals surface area contributed by atoms with Crippen LogP contribution in [0.5, 0.6) is 0 Å². The summed E-state index contributed by atoms with van der Waals surface area (Å²) < 4.78 is 23.3. The van der Waals surface area contributed by atoms with Crippen molar-refractivity contribution in [3.63, 3.8) is 0 Å². The molecule has 3 saturated heterocycles. The third-order valence-electron chi connectivity index (χ3n) is 5.45. The number of piperazine rings is 1. The highest BCUT2D eigenvalue weighted by Crippen LogP contribution is 2.28. The molecule has 4 nitrogen and oxygen atoms in total. The second kappa shape index (κ2) is 5.93. The summed E-state index contributed by atoms with van der Waals surface area (Å²) in [5, 5.41) is 0. The molecule has 3 aliphatic rings. The Morgan fingerprint density at radius 3 is 2.70 bits per heavy atom. The molecule has 0 radical (unpaired) electrons. The van der Waals surface area contributed by atoms with Crippen molar-refractivity contribution in [1.29, 1.82) is 0 Å². The lowest BCUT2D eigenvalue weighted by molar-refractivity contribution is 0.00165. The molecule has 3 fully saturated rings. The molecule has 3 rings (SSSR count). The highest BCUT2D eigenvalue weighted by molar-refractivity contribution is 7.91. The maximum absolute atomic E-state index is 11.6. The first-order valence-corrected chi connectivity index (χ1v) is 10.1. The van der Waals surface area contributed by atoms with E-state index in [4.69, 9.17) is 0 Å². The van der Waals surface area contributed by atoms with Crippen molar-refractivity contribution in [2.75, 3.05) is 37.7 Å². The minimum absolute atomic E-state index is 0.379. The normalized spacial score (nSPS) is 38.8. The summed E-state index contributed by atoms with van der Waals surface area (Å²) >= 11 is 0. The number of hydrogen-bond acceptors (Lipinski definition) is 4. The Kier molecular flexibility index (Phi) is 4.39. The molecule has 0 aliphatic carbocycles. The van der Waals surface area contributed by atoms with Gasteiger partial charge >= 0.3 is 0 Å². The van der Waals surface area contributed by atoms with Gasteiger partial charge in [-0.15, -0.1) is 0 Å². The van der Waals surface area contributed by atoms with Crippen molar-refractivity contribution in [2.24, 2.45) is 5.92 Å². The van der Waals surface area contributed by atoms with Gasteiger partial charge in [0.05, 0.1) is 11.5 Å². The minimum Gasteiger partial charge on any atom is -0.298 e. The fourth-order valence-electron chi connectivity index (χ4n) is 4.27. The van der Waals surface area contributed by atoms with Gasteiger partial charge in [0, 0.05) is 31.7 Å². The van der Waals surface area contributed by atoms with Gasteiger partial charge in [0.1, 0.15) is 0 Å². The van der Waals surface area contributed by atoms with Crippen LogP contribution < -0.4 is 0 Å². The van der Waals surface area contributed by atoms with E-state index in [1.165, 1.54) is 38.8 Å². The second-order valence-corrected chi connectivity index (χ2v) is 9.16. The summed E-state index contributed by atoms with van der Waals surface area (Å²) in [4.78, 5) is 5.29. The Balaban J connectivity index is 1.62. The SMILES string of the molecule is CCC1CN2CCCCC2CN1CC1CCS(=O)(=O)C1. The first-order chi connectivity index (χ1) is 9.57. The van der Waals surface area contributed by atoms with Crippen molar-refractivity contribution in [3.05, 3.63) is 0 Å². The van der Waals surface area contributed by atoms with Gasteiger partial charge in [-0.3, -0.25) is 9.80 Å². The van der Waals surface area contributed by atoms with E-state index >= 15 is 0 Å². The molecule has 5 heteroatoms. The fourth-order valence-corrected chi connectivity index (χ4v) is 6.12. The predicted molar refractivity (Wildman–Crippen MR) is 81.6 cm³/mol. The Morgan fingerprint density at radius 2 is 2.00 bits per heavy atom. The first kappa shape index (κ1) is 14.8.